The molecule has 0 spiro atoms. The lowest BCUT2D eigenvalue weighted by Crippen LogP contribution is -2.44. The number of aldehydes is 1. The second-order valence-corrected chi connectivity index (χ2v) is 6.83. The van der Waals surface area contributed by atoms with E-state index in [1.165, 1.54) is 11.0 Å². The van der Waals surface area contributed by atoms with Crippen LogP contribution in [-0.2, 0) is 9.59 Å². The normalized spacial score (nSPS) is 18.5. The third kappa shape index (κ3) is 4.14. The fourth-order valence-electron chi connectivity index (χ4n) is 3.50. The van der Waals surface area contributed by atoms with Gasteiger partial charge in [-0.15, -0.1) is 0 Å². The van der Waals surface area contributed by atoms with Gasteiger partial charge < -0.3 is 30.3 Å². The molecule has 7 nitrogen and oxygen atoms in total. The topological polar surface area (TPSA) is 110 Å². The van der Waals surface area contributed by atoms with Gasteiger partial charge in [0.1, 0.15) is 12.5 Å². The molecule has 1 amide bonds. The zero-order valence-electron chi connectivity index (χ0n) is 15.0. The molecule has 2 unspecified atom stereocenters. The number of piperidine rings is 1. The van der Waals surface area contributed by atoms with Crippen LogP contribution in [0.25, 0.3) is 10.8 Å². The standard InChI is InChI=1S/C20H24N2O5/c23-12-13(5-4-10-22-18(25)8-3-9-19(22)26)21-16-11-17(24)20(27)15-7-2-1-6-14(15)16/h1-2,6-7,11-13,18,21,24-25,27H,3-5,8-10H2. The van der Waals surface area contributed by atoms with E-state index in [9.17, 15) is 24.9 Å². The summed E-state index contributed by atoms with van der Waals surface area (Å²) in [4.78, 5) is 24.9. The second kappa shape index (κ2) is 8.26. The zero-order chi connectivity index (χ0) is 19.4. The number of fused-ring (bicyclic) bond motifs is 1. The molecule has 2 atom stereocenters. The third-order valence-corrected chi connectivity index (χ3v) is 4.95. The van der Waals surface area contributed by atoms with Crippen LogP contribution < -0.4 is 5.32 Å². The van der Waals surface area contributed by atoms with Crippen LogP contribution in [-0.4, -0.2) is 51.2 Å². The minimum absolute atomic E-state index is 0.0567. The molecule has 1 fully saturated rings. The van der Waals surface area contributed by atoms with Crippen LogP contribution in [0.1, 0.15) is 32.1 Å². The van der Waals surface area contributed by atoms with Crippen molar-refractivity contribution in [3.05, 3.63) is 30.3 Å². The highest BCUT2D eigenvalue weighted by Gasteiger charge is 2.25. The van der Waals surface area contributed by atoms with Crippen molar-refractivity contribution >= 4 is 28.7 Å². The molecule has 2 aromatic carbocycles. The number of anilines is 1. The number of likely N-dealkylation sites (tertiary alicyclic amines) is 1. The van der Waals surface area contributed by atoms with Crippen molar-refractivity contribution in [2.24, 2.45) is 0 Å². The first-order valence-corrected chi connectivity index (χ1v) is 9.14. The number of phenolic OH excluding ortho intramolecular Hbond substituents is 2. The van der Waals surface area contributed by atoms with E-state index < -0.39 is 12.3 Å². The Balaban J connectivity index is 1.67. The average Bonchev–Trinajstić information content (AvgIpc) is 2.67. The van der Waals surface area contributed by atoms with Gasteiger partial charge in [-0.05, 0) is 25.7 Å². The van der Waals surface area contributed by atoms with E-state index in [2.05, 4.69) is 5.32 Å². The first-order valence-electron chi connectivity index (χ1n) is 9.14. The SMILES string of the molecule is O=CC(CCCN1C(=O)CCCC1O)Nc1cc(O)c(O)c2ccccc12. The number of benzene rings is 2. The van der Waals surface area contributed by atoms with Crippen molar-refractivity contribution in [3.63, 3.8) is 0 Å². The molecule has 0 aliphatic carbocycles. The first kappa shape index (κ1) is 19.0. The number of carbonyl (C=O) groups excluding carboxylic acids is 2. The van der Waals surface area contributed by atoms with Crippen LogP contribution >= 0.6 is 0 Å². The molecule has 1 saturated heterocycles. The van der Waals surface area contributed by atoms with Gasteiger partial charge in [0.25, 0.3) is 0 Å². The summed E-state index contributed by atoms with van der Waals surface area (Å²) in [6.07, 6.45) is 2.80. The molecule has 27 heavy (non-hydrogen) atoms. The molecule has 2 aromatic rings. The van der Waals surface area contributed by atoms with Gasteiger partial charge in [-0.25, -0.2) is 0 Å². The first-order chi connectivity index (χ1) is 13.0. The minimum Gasteiger partial charge on any atom is -0.504 e. The lowest BCUT2D eigenvalue weighted by atomic mass is 10.0. The molecule has 1 aliphatic rings. The number of nitrogens with zero attached hydrogens (tertiary/aromatic N) is 1. The maximum absolute atomic E-state index is 11.9. The molecule has 144 valence electrons. The van der Waals surface area contributed by atoms with Gasteiger partial charge in [0.05, 0.1) is 6.04 Å². The number of aromatic hydroxyl groups is 2. The van der Waals surface area contributed by atoms with Crippen LogP contribution in [0.2, 0.25) is 0 Å². The molecule has 0 radical (unpaired) electrons. The van der Waals surface area contributed by atoms with Gasteiger partial charge in [-0.2, -0.15) is 0 Å². The Morgan fingerprint density at radius 2 is 2.00 bits per heavy atom. The van der Waals surface area contributed by atoms with E-state index in [1.807, 2.05) is 6.07 Å². The minimum atomic E-state index is -0.744. The summed E-state index contributed by atoms with van der Waals surface area (Å²) in [6, 6.07) is 7.92. The lowest BCUT2D eigenvalue weighted by Gasteiger charge is -2.32. The van der Waals surface area contributed by atoms with E-state index in [4.69, 9.17) is 0 Å². The summed E-state index contributed by atoms with van der Waals surface area (Å²) in [7, 11) is 0. The number of hydrogen-bond acceptors (Lipinski definition) is 6. The van der Waals surface area contributed by atoms with Crippen LogP contribution in [0, 0.1) is 0 Å². The molecule has 3 rings (SSSR count). The van der Waals surface area contributed by atoms with Crippen molar-refractivity contribution in [1.82, 2.24) is 4.90 Å². The maximum Gasteiger partial charge on any atom is 0.224 e. The number of amides is 1. The van der Waals surface area contributed by atoms with Crippen molar-refractivity contribution in [3.8, 4) is 11.5 Å². The van der Waals surface area contributed by atoms with Gasteiger partial charge in [0.2, 0.25) is 5.91 Å². The highest BCUT2D eigenvalue weighted by atomic mass is 16.3. The van der Waals surface area contributed by atoms with Crippen molar-refractivity contribution in [2.75, 3.05) is 11.9 Å². The van der Waals surface area contributed by atoms with E-state index in [0.717, 1.165) is 6.29 Å². The summed E-state index contributed by atoms with van der Waals surface area (Å²) in [5.41, 5.74) is 0.548. The van der Waals surface area contributed by atoms with Gasteiger partial charge in [0, 0.05) is 35.5 Å². The Morgan fingerprint density at radius 1 is 1.26 bits per heavy atom. The number of nitrogens with one attached hydrogen (secondary N) is 1. The molecule has 0 bridgehead atoms. The van der Waals surface area contributed by atoms with Crippen molar-refractivity contribution in [2.45, 2.75) is 44.4 Å². The van der Waals surface area contributed by atoms with Gasteiger partial charge in [0.15, 0.2) is 11.5 Å². The summed E-state index contributed by atoms with van der Waals surface area (Å²) >= 11 is 0. The van der Waals surface area contributed by atoms with E-state index >= 15 is 0 Å². The highest BCUT2D eigenvalue weighted by molar-refractivity contribution is 6.00. The number of aliphatic hydroxyl groups excluding tert-OH is 1. The molecule has 0 aromatic heterocycles. The van der Waals surface area contributed by atoms with Gasteiger partial charge in [-0.3, -0.25) is 4.79 Å². The molecule has 1 aliphatic heterocycles. The van der Waals surface area contributed by atoms with Crippen molar-refractivity contribution in [1.29, 1.82) is 0 Å². The van der Waals surface area contributed by atoms with E-state index in [-0.39, 0.29) is 17.4 Å². The molecule has 7 heteroatoms. The fraction of sp³-hybridized carbons (Fsp3) is 0.400. The summed E-state index contributed by atoms with van der Waals surface area (Å²) in [6.45, 7) is 0.396. The zero-order valence-corrected chi connectivity index (χ0v) is 15.0. The summed E-state index contributed by atoms with van der Waals surface area (Å²) in [5.74, 6) is -0.516. The molecular formula is C20H24N2O5. The molecular weight excluding hydrogens is 348 g/mol. The quantitative estimate of drug-likeness (QED) is 0.337. The lowest BCUT2D eigenvalue weighted by molar-refractivity contribution is -0.146. The smallest absolute Gasteiger partial charge is 0.224 e. The Kier molecular flexibility index (Phi) is 5.81. The largest absolute Gasteiger partial charge is 0.504 e. The number of phenols is 2. The number of carbonyl (C=O) groups is 2. The average molecular weight is 372 g/mol. The van der Waals surface area contributed by atoms with Crippen LogP contribution in [0.5, 0.6) is 11.5 Å². The molecule has 4 N–H and O–H groups in total. The predicted molar refractivity (Wildman–Crippen MR) is 102 cm³/mol. The summed E-state index contributed by atoms with van der Waals surface area (Å²) < 4.78 is 0. The summed E-state index contributed by atoms with van der Waals surface area (Å²) in [5, 5.41) is 34.2. The van der Waals surface area contributed by atoms with Crippen molar-refractivity contribution < 1.29 is 24.9 Å². The van der Waals surface area contributed by atoms with E-state index in [0.29, 0.717) is 55.1 Å². The van der Waals surface area contributed by atoms with Crippen LogP contribution in [0.15, 0.2) is 30.3 Å². The van der Waals surface area contributed by atoms with Crippen LogP contribution in [0.3, 0.4) is 0 Å². The van der Waals surface area contributed by atoms with Gasteiger partial charge >= 0.3 is 0 Å². The molecule has 1 heterocycles. The second-order valence-electron chi connectivity index (χ2n) is 6.83. The third-order valence-electron chi connectivity index (χ3n) is 4.95. The van der Waals surface area contributed by atoms with E-state index in [1.54, 1.807) is 18.2 Å². The van der Waals surface area contributed by atoms with Crippen LogP contribution in [0.4, 0.5) is 5.69 Å². The Labute approximate surface area is 157 Å². The number of rotatable bonds is 7. The maximum atomic E-state index is 11.9. The fourth-order valence-corrected chi connectivity index (χ4v) is 3.50. The number of aliphatic hydroxyl groups is 1. The number of hydrogen-bond donors (Lipinski definition) is 4. The van der Waals surface area contributed by atoms with Gasteiger partial charge in [-0.1, -0.05) is 24.3 Å². The molecule has 0 saturated carbocycles. The Morgan fingerprint density at radius 3 is 2.70 bits per heavy atom. The predicted octanol–water partition coefficient (Wildman–Crippen LogP) is 2.34. The monoisotopic (exact) mass is 372 g/mol. The highest BCUT2D eigenvalue weighted by Crippen LogP contribution is 2.38. The Hall–Kier alpha value is -2.80. The Bertz CT molecular complexity index is 838.